The zero-order valence-corrected chi connectivity index (χ0v) is 18.4. The van der Waals surface area contributed by atoms with E-state index < -0.39 is 12.0 Å². The van der Waals surface area contributed by atoms with Crippen LogP contribution in [0.5, 0.6) is 0 Å². The third-order valence-corrected chi connectivity index (χ3v) is 5.03. The number of nitrogens with two attached hydrogens (primary N) is 1. The number of amides is 1. The molecule has 0 saturated carbocycles. The molecule has 8 heteroatoms. The first-order valence-corrected chi connectivity index (χ1v) is 10.5. The number of aromatic nitrogens is 1. The van der Waals surface area contributed by atoms with Crippen molar-refractivity contribution in [1.29, 1.82) is 0 Å². The fourth-order valence-corrected chi connectivity index (χ4v) is 3.30. The van der Waals surface area contributed by atoms with Crippen molar-refractivity contribution in [2.75, 3.05) is 12.9 Å². The van der Waals surface area contributed by atoms with Crippen LogP contribution in [0.2, 0.25) is 5.02 Å². The van der Waals surface area contributed by atoms with E-state index in [1.54, 1.807) is 0 Å². The average molecular weight is 448 g/mol. The molecule has 0 saturated heterocycles. The number of benzene rings is 2. The van der Waals surface area contributed by atoms with Gasteiger partial charge in [0.15, 0.2) is 0 Å². The molecule has 3 aromatic rings. The number of carbonyl (C=O) groups excluding carboxylic acids is 2. The van der Waals surface area contributed by atoms with Crippen LogP contribution in [0.25, 0.3) is 10.9 Å². The molecule has 0 aliphatic heterocycles. The first kappa shape index (κ1) is 23.8. The van der Waals surface area contributed by atoms with E-state index in [4.69, 9.17) is 22.1 Å². The van der Waals surface area contributed by atoms with Gasteiger partial charge in [0.2, 0.25) is 5.91 Å². The maximum absolute atomic E-state index is 11.8. The summed E-state index contributed by atoms with van der Waals surface area (Å²) in [6.45, 7) is 0.514. The molecule has 1 amide bonds. The van der Waals surface area contributed by atoms with Gasteiger partial charge < -0.3 is 20.8 Å². The lowest BCUT2D eigenvalue weighted by Gasteiger charge is -2.16. The molecule has 0 aliphatic carbocycles. The second-order valence-electron chi connectivity index (χ2n) is 6.48. The van der Waals surface area contributed by atoms with E-state index >= 15 is 0 Å². The number of fused-ring (bicyclic) bond motifs is 1. The van der Waals surface area contributed by atoms with Gasteiger partial charge in [0.05, 0.1) is 7.11 Å². The summed E-state index contributed by atoms with van der Waals surface area (Å²) in [6, 6.07) is 14.7. The minimum absolute atomic E-state index is 0.208. The zero-order valence-electron chi connectivity index (χ0n) is 16.7. The molecular weight excluding hydrogens is 422 g/mol. The molecule has 160 valence electrons. The number of hydrogen-bond donors (Lipinski definition) is 4. The molecule has 30 heavy (non-hydrogen) atoms. The van der Waals surface area contributed by atoms with Gasteiger partial charge in [-0.3, -0.25) is 4.79 Å². The van der Waals surface area contributed by atoms with Crippen molar-refractivity contribution in [2.45, 2.75) is 25.4 Å². The number of ether oxygens (including phenoxy) is 1. The van der Waals surface area contributed by atoms with E-state index in [2.05, 4.69) is 22.9 Å². The van der Waals surface area contributed by atoms with Gasteiger partial charge in [0, 0.05) is 41.5 Å². The highest BCUT2D eigenvalue weighted by molar-refractivity contribution is 7.80. The number of nitrogens with one attached hydrogen (secondary N) is 2. The number of hydrogen-bond acceptors (Lipinski definition) is 5. The minimum Gasteiger partial charge on any atom is -0.467 e. The summed E-state index contributed by atoms with van der Waals surface area (Å²) in [5.41, 5.74) is 8.33. The van der Waals surface area contributed by atoms with Gasteiger partial charge in [0.25, 0.3) is 0 Å². The second kappa shape index (κ2) is 12.3. The summed E-state index contributed by atoms with van der Waals surface area (Å²) < 4.78 is 4.77. The van der Waals surface area contributed by atoms with Crippen molar-refractivity contribution in [3.8, 4) is 0 Å². The van der Waals surface area contributed by atoms with Crippen LogP contribution in [0.1, 0.15) is 17.5 Å². The highest BCUT2D eigenvalue weighted by Gasteiger charge is 2.22. The van der Waals surface area contributed by atoms with Crippen LogP contribution in [-0.2, 0) is 27.3 Å². The van der Waals surface area contributed by atoms with E-state index in [0.717, 1.165) is 27.1 Å². The Kier molecular flexibility index (Phi) is 9.73. The predicted octanol–water partition coefficient (Wildman–Crippen LogP) is 3.49. The molecule has 2 aromatic carbocycles. The first-order valence-electron chi connectivity index (χ1n) is 9.46. The smallest absolute Gasteiger partial charge is 0.328 e. The van der Waals surface area contributed by atoms with E-state index in [1.165, 1.54) is 7.11 Å². The lowest BCUT2D eigenvalue weighted by molar-refractivity contribution is -0.145. The third-order valence-electron chi connectivity index (χ3n) is 4.44. The number of carbonyl (C=O) groups is 2. The van der Waals surface area contributed by atoms with Crippen LogP contribution in [0.3, 0.4) is 0 Å². The Balaban J connectivity index is 0.000000297. The molecule has 1 heterocycles. The average Bonchev–Trinajstić information content (AvgIpc) is 3.16. The fraction of sp³-hybridized carbons (Fsp3) is 0.273. The molecule has 0 unspecified atom stereocenters. The summed E-state index contributed by atoms with van der Waals surface area (Å²) in [7, 11) is 1.31. The van der Waals surface area contributed by atoms with Crippen molar-refractivity contribution in [3.05, 3.63) is 70.9 Å². The summed E-state index contributed by atoms with van der Waals surface area (Å²) in [5.74, 6) is -0.222. The number of aromatic amines is 1. The normalized spacial score (nSPS) is 11.3. The molecule has 0 bridgehead atoms. The maximum Gasteiger partial charge on any atom is 0.328 e. The fourth-order valence-electron chi connectivity index (χ4n) is 2.89. The van der Waals surface area contributed by atoms with E-state index in [9.17, 15) is 9.59 Å². The molecule has 0 radical (unpaired) electrons. The zero-order chi connectivity index (χ0) is 21.9. The monoisotopic (exact) mass is 447 g/mol. The van der Waals surface area contributed by atoms with Crippen molar-refractivity contribution in [3.63, 3.8) is 0 Å². The molecule has 0 aliphatic rings. The molecule has 0 spiro atoms. The number of para-hydroxylation sites is 1. The molecule has 0 fully saturated rings. The molecule has 3 rings (SSSR count). The van der Waals surface area contributed by atoms with E-state index in [-0.39, 0.29) is 12.3 Å². The number of esters is 1. The maximum atomic E-state index is 11.8. The SMILES string of the molecule is COC(=O)[C@H](Cc1c[nH]c2ccccc12)NC(=O)CCS.NCc1ccccc1Cl. The van der Waals surface area contributed by atoms with Crippen molar-refractivity contribution < 1.29 is 14.3 Å². The lowest BCUT2D eigenvalue weighted by atomic mass is 10.0. The standard InChI is InChI=1S/C15H18N2O3S.C7H8ClN/c1-20-15(19)13(17-14(18)6-7-21)8-10-9-16-12-5-3-2-4-11(10)12;8-7-4-2-1-3-6(7)5-9/h2-5,9,13,16,21H,6-8H2,1H3,(H,17,18);1-4H,5,9H2/t13-;/m0./s1. The molecule has 4 N–H and O–H groups in total. The summed E-state index contributed by atoms with van der Waals surface area (Å²) in [6.07, 6.45) is 2.50. The van der Waals surface area contributed by atoms with Crippen molar-refractivity contribution >= 4 is 47.0 Å². The lowest BCUT2D eigenvalue weighted by Crippen LogP contribution is -2.43. The van der Waals surface area contributed by atoms with E-state index in [0.29, 0.717) is 18.7 Å². The van der Waals surface area contributed by atoms with Crippen LogP contribution in [0.4, 0.5) is 0 Å². The van der Waals surface area contributed by atoms with Gasteiger partial charge in [-0.2, -0.15) is 12.6 Å². The Morgan fingerprint density at radius 1 is 1.17 bits per heavy atom. The summed E-state index contributed by atoms with van der Waals surface area (Å²) in [4.78, 5) is 26.7. The Labute approximate surface area is 186 Å². The first-order chi connectivity index (χ1) is 14.5. The van der Waals surface area contributed by atoms with E-state index in [1.807, 2.05) is 54.7 Å². The Hall–Kier alpha value is -2.48. The quantitative estimate of drug-likeness (QED) is 0.329. The molecule has 1 aromatic heterocycles. The Bertz CT molecular complexity index is 977. The third kappa shape index (κ3) is 6.79. The number of halogens is 1. The number of methoxy groups -OCH3 is 1. The van der Waals surface area contributed by atoms with Gasteiger partial charge >= 0.3 is 5.97 Å². The number of rotatable bonds is 7. The van der Waals surface area contributed by atoms with Crippen LogP contribution < -0.4 is 11.1 Å². The van der Waals surface area contributed by atoms with Crippen molar-refractivity contribution in [1.82, 2.24) is 10.3 Å². The Morgan fingerprint density at radius 2 is 1.87 bits per heavy atom. The topological polar surface area (TPSA) is 97.2 Å². The van der Waals surface area contributed by atoms with Crippen LogP contribution in [0, 0.1) is 0 Å². The minimum atomic E-state index is -0.693. The highest BCUT2D eigenvalue weighted by Crippen LogP contribution is 2.19. The van der Waals surface area contributed by atoms with Crippen LogP contribution in [-0.4, -0.2) is 35.8 Å². The molecule has 6 nitrogen and oxygen atoms in total. The van der Waals surface area contributed by atoms with Crippen LogP contribution >= 0.6 is 24.2 Å². The summed E-state index contributed by atoms with van der Waals surface area (Å²) in [5, 5.41) is 4.48. The van der Waals surface area contributed by atoms with Gasteiger partial charge in [-0.15, -0.1) is 0 Å². The van der Waals surface area contributed by atoms with Gasteiger partial charge in [-0.05, 0) is 29.0 Å². The number of thiol groups is 1. The predicted molar refractivity (Wildman–Crippen MR) is 124 cm³/mol. The van der Waals surface area contributed by atoms with Crippen LogP contribution in [0.15, 0.2) is 54.7 Å². The van der Waals surface area contributed by atoms with Crippen molar-refractivity contribution in [2.24, 2.45) is 5.73 Å². The number of H-pyrrole nitrogens is 1. The second-order valence-corrected chi connectivity index (χ2v) is 7.33. The molecular formula is C22H26ClN3O3S. The summed E-state index contributed by atoms with van der Waals surface area (Å²) >= 11 is 9.76. The van der Waals surface area contributed by atoms with Gasteiger partial charge in [-0.1, -0.05) is 48.0 Å². The molecule has 1 atom stereocenters. The highest BCUT2D eigenvalue weighted by atomic mass is 35.5. The Morgan fingerprint density at radius 3 is 2.50 bits per heavy atom. The largest absolute Gasteiger partial charge is 0.467 e. The van der Waals surface area contributed by atoms with Gasteiger partial charge in [0.1, 0.15) is 6.04 Å². The van der Waals surface area contributed by atoms with Gasteiger partial charge in [-0.25, -0.2) is 4.79 Å².